The van der Waals surface area contributed by atoms with Gasteiger partial charge in [-0.2, -0.15) is 0 Å². The van der Waals surface area contributed by atoms with Gasteiger partial charge < -0.3 is 16.8 Å². The van der Waals surface area contributed by atoms with Gasteiger partial charge in [0, 0.05) is 23.5 Å². The van der Waals surface area contributed by atoms with Crippen molar-refractivity contribution in [2.45, 2.75) is 6.54 Å². The summed E-state index contributed by atoms with van der Waals surface area (Å²) in [6.45, 7) is -0.133. The molecule has 0 unspecified atom stereocenters. The molecular formula is C14H13F2N3O. The van der Waals surface area contributed by atoms with Gasteiger partial charge in [-0.1, -0.05) is 0 Å². The third-order valence-electron chi connectivity index (χ3n) is 2.77. The van der Waals surface area contributed by atoms with Crippen LogP contribution in [0.2, 0.25) is 0 Å². The normalized spacial score (nSPS) is 10.3. The van der Waals surface area contributed by atoms with E-state index in [4.69, 9.17) is 11.5 Å². The summed E-state index contributed by atoms with van der Waals surface area (Å²) in [6.07, 6.45) is 0. The molecule has 0 aromatic heterocycles. The van der Waals surface area contributed by atoms with Crippen LogP contribution in [0.1, 0.15) is 15.9 Å². The average molecular weight is 277 g/mol. The van der Waals surface area contributed by atoms with Gasteiger partial charge in [-0.25, -0.2) is 8.78 Å². The van der Waals surface area contributed by atoms with E-state index in [9.17, 15) is 13.6 Å². The largest absolute Gasteiger partial charge is 0.399 e. The average Bonchev–Trinajstić information content (AvgIpc) is 2.39. The van der Waals surface area contributed by atoms with Gasteiger partial charge in [0.15, 0.2) is 0 Å². The van der Waals surface area contributed by atoms with Crippen molar-refractivity contribution in [1.82, 2.24) is 5.32 Å². The summed E-state index contributed by atoms with van der Waals surface area (Å²) in [5, 5.41) is 2.48. The number of nitrogen functional groups attached to an aromatic ring is 2. The molecule has 0 spiro atoms. The summed E-state index contributed by atoms with van der Waals surface area (Å²) < 4.78 is 26.4. The van der Waals surface area contributed by atoms with Crippen LogP contribution in [0.25, 0.3) is 0 Å². The number of nitrogens with one attached hydrogen (secondary N) is 1. The van der Waals surface area contributed by atoms with Gasteiger partial charge in [-0.05, 0) is 36.4 Å². The number of halogens is 2. The van der Waals surface area contributed by atoms with E-state index in [1.807, 2.05) is 0 Å². The van der Waals surface area contributed by atoms with Crippen molar-refractivity contribution in [2.75, 3.05) is 11.5 Å². The number of carbonyl (C=O) groups excluding carboxylic acids is 1. The predicted molar refractivity (Wildman–Crippen MR) is 72.8 cm³/mol. The van der Waals surface area contributed by atoms with Crippen molar-refractivity contribution in [1.29, 1.82) is 0 Å². The molecule has 0 saturated carbocycles. The van der Waals surface area contributed by atoms with Crippen LogP contribution >= 0.6 is 0 Å². The smallest absolute Gasteiger partial charge is 0.253 e. The molecule has 104 valence electrons. The lowest BCUT2D eigenvalue weighted by atomic mass is 10.1. The number of rotatable bonds is 3. The van der Waals surface area contributed by atoms with Crippen molar-refractivity contribution in [3.05, 3.63) is 59.2 Å². The van der Waals surface area contributed by atoms with Gasteiger partial charge in [0.1, 0.15) is 11.6 Å². The molecule has 2 rings (SSSR count). The van der Waals surface area contributed by atoms with E-state index in [1.165, 1.54) is 18.2 Å². The number of benzene rings is 2. The highest BCUT2D eigenvalue weighted by molar-refractivity contribution is 5.99. The first kappa shape index (κ1) is 13.8. The van der Waals surface area contributed by atoms with Gasteiger partial charge in [0.05, 0.1) is 5.56 Å². The Labute approximate surface area is 114 Å². The number of nitrogens with two attached hydrogens (primary N) is 2. The third kappa shape index (κ3) is 3.03. The van der Waals surface area contributed by atoms with E-state index >= 15 is 0 Å². The van der Waals surface area contributed by atoms with E-state index in [0.717, 1.165) is 18.2 Å². The maximum absolute atomic E-state index is 13.4. The summed E-state index contributed by atoms with van der Waals surface area (Å²) >= 11 is 0. The lowest BCUT2D eigenvalue weighted by molar-refractivity contribution is 0.0951. The Morgan fingerprint density at radius 2 is 1.85 bits per heavy atom. The maximum atomic E-state index is 13.4. The third-order valence-corrected chi connectivity index (χ3v) is 2.77. The molecular weight excluding hydrogens is 264 g/mol. The Morgan fingerprint density at radius 3 is 2.55 bits per heavy atom. The molecule has 0 atom stereocenters. The Bertz CT molecular complexity index is 659. The van der Waals surface area contributed by atoms with Gasteiger partial charge in [-0.3, -0.25) is 4.79 Å². The lowest BCUT2D eigenvalue weighted by Gasteiger charge is -2.09. The molecule has 0 aliphatic carbocycles. The molecule has 0 bridgehead atoms. The quantitative estimate of drug-likeness (QED) is 0.751. The zero-order chi connectivity index (χ0) is 14.7. The number of hydrogen-bond acceptors (Lipinski definition) is 3. The van der Waals surface area contributed by atoms with Gasteiger partial charge >= 0.3 is 0 Å². The molecule has 0 aliphatic heterocycles. The molecule has 6 heteroatoms. The Kier molecular flexibility index (Phi) is 3.84. The maximum Gasteiger partial charge on any atom is 0.253 e. The van der Waals surface area contributed by atoms with Crippen LogP contribution in [-0.4, -0.2) is 5.91 Å². The van der Waals surface area contributed by atoms with Crippen LogP contribution in [0.3, 0.4) is 0 Å². The fourth-order valence-electron chi connectivity index (χ4n) is 1.74. The highest BCUT2D eigenvalue weighted by atomic mass is 19.1. The lowest BCUT2D eigenvalue weighted by Crippen LogP contribution is -2.24. The van der Waals surface area contributed by atoms with Crippen molar-refractivity contribution >= 4 is 17.3 Å². The fourth-order valence-corrected chi connectivity index (χ4v) is 1.74. The second-order valence-corrected chi connectivity index (χ2v) is 4.27. The van der Waals surface area contributed by atoms with Crippen molar-refractivity contribution < 1.29 is 13.6 Å². The van der Waals surface area contributed by atoms with Crippen LogP contribution in [0.15, 0.2) is 36.4 Å². The molecule has 2 aromatic rings. The molecule has 0 aliphatic rings. The standard InChI is InChI=1S/C14H13F2N3O/c15-9-1-4-12(16)8(5-9)7-19-14(20)11-3-2-10(17)6-13(11)18/h1-6H,7,17-18H2,(H,19,20). The molecule has 4 nitrogen and oxygen atoms in total. The number of anilines is 2. The second-order valence-electron chi connectivity index (χ2n) is 4.27. The molecule has 0 saturated heterocycles. The van der Waals surface area contributed by atoms with E-state index < -0.39 is 17.5 Å². The molecule has 0 heterocycles. The SMILES string of the molecule is Nc1ccc(C(=O)NCc2cc(F)ccc2F)c(N)c1. The molecule has 2 aromatic carbocycles. The molecule has 5 N–H and O–H groups in total. The second kappa shape index (κ2) is 5.56. The zero-order valence-electron chi connectivity index (χ0n) is 10.5. The van der Waals surface area contributed by atoms with E-state index in [0.29, 0.717) is 5.69 Å². The summed E-state index contributed by atoms with van der Waals surface area (Å²) in [7, 11) is 0. The van der Waals surface area contributed by atoms with Crippen LogP contribution < -0.4 is 16.8 Å². The van der Waals surface area contributed by atoms with Gasteiger partial charge in [-0.15, -0.1) is 0 Å². The van der Waals surface area contributed by atoms with Crippen LogP contribution in [0.4, 0.5) is 20.2 Å². The summed E-state index contributed by atoms with van der Waals surface area (Å²) in [5.74, 6) is -1.63. The molecule has 0 fully saturated rings. The first-order valence-corrected chi connectivity index (χ1v) is 5.84. The Balaban J connectivity index is 2.10. The highest BCUT2D eigenvalue weighted by Gasteiger charge is 2.11. The molecule has 1 amide bonds. The monoisotopic (exact) mass is 277 g/mol. The first-order chi connectivity index (χ1) is 9.47. The Morgan fingerprint density at radius 1 is 1.10 bits per heavy atom. The van der Waals surface area contributed by atoms with E-state index in [-0.39, 0.29) is 23.4 Å². The fraction of sp³-hybridized carbons (Fsp3) is 0.0714. The summed E-state index contributed by atoms with van der Waals surface area (Å²) in [5.41, 5.74) is 12.2. The van der Waals surface area contributed by atoms with Gasteiger partial charge in [0.2, 0.25) is 0 Å². The van der Waals surface area contributed by atoms with Gasteiger partial charge in [0.25, 0.3) is 5.91 Å². The van der Waals surface area contributed by atoms with E-state index in [2.05, 4.69) is 5.32 Å². The zero-order valence-corrected chi connectivity index (χ0v) is 10.5. The Hall–Kier alpha value is -2.63. The van der Waals surface area contributed by atoms with Crippen molar-refractivity contribution in [3.8, 4) is 0 Å². The van der Waals surface area contributed by atoms with Crippen LogP contribution in [0.5, 0.6) is 0 Å². The number of hydrogen-bond donors (Lipinski definition) is 3. The van der Waals surface area contributed by atoms with Crippen molar-refractivity contribution in [3.63, 3.8) is 0 Å². The predicted octanol–water partition coefficient (Wildman–Crippen LogP) is 2.06. The van der Waals surface area contributed by atoms with Crippen molar-refractivity contribution in [2.24, 2.45) is 0 Å². The number of carbonyl (C=O) groups is 1. The van der Waals surface area contributed by atoms with Crippen LogP contribution in [0, 0.1) is 11.6 Å². The first-order valence-electron chi connectivity index (χ1n) is 5.84. The van der Waals surface area contributed by atoms with E-state index in [1.54, 1.807) is 0 Å². The summed E-state index contributed by atoms with van der Waals surface area (Å²) in [4.78, 5) is 11.9. The number of amides is 1. The minimum Gasteiger partial charge on any atom is -0.399 e. The molecule has 20 heavy (non-hydrogen) atoms. The van der Waals surface area contributed by atoms with Crippen LogP contribution in [-0.2, 0) is 6.54 Å². The topological polar surface area (TPSA) is 81.1 Å². The minimum atomic E-state index is -0.586. The minimum absolute atomic E-state index is 0.0624. The summed E-state index contributed by atoms with van der Waals surface area (Å²) in [6, 6.07) is 7.52. The highest BCUT2D eigenvalue weighted by Crippen LogP contribution is 2.16. The molecule has 0 radical (unpaired) electrons.